The standard InChI is InChI=1S/C11H15IN2S/c1-11(2,3)14-10(15)13-9-6-4-5-8(12)7-9/h4-7H,1-3H3,(H2,13,14,15). The molecule has 0 bridgehead atoms. The molecule has 0 fully saturated rings. The van der Waals surface area contributed by atoms with Crippen molar-refractivity contribution in [2.75, 3.05) is 5.32 Å². The van der Waals surface area contributed by atoms with E-state index in [1.807, 2.05) is 18.2 Å². The zero-order chi connectivity index (χ0) is 11.5. The smallest absolute Gasteiger partial charge is 0.171 e. The van der Waals surface area contributed by atoms with Crippen LogP contribution in [0.4, 0.5) is 5.69 Å². The highest BCUT2D eigenvalue weighted by molar-refractivity contribution is 14.1. The average molecular weight is 334 g/mol. The van der Waals surface area contributed by atoms with Gasteiger partial charge in [-0.2, -0.15) is 0 Å². The lowest BCUT2D eigenvalue weighted by atomic mass is 10.1. The topological polar surface area (TPSA) is 24.1 Å². The van der Waals surface area contributed by atoms with E-state index in [0.29, 0.717) is 5.11 Å². The largest absolute Gasteiger partial charge is 0.358 e. The summed E-state index contributed by atoms with van der Waals surface area (Å²) in [5.74, 6) is 0. The Morgan fingerprint density at radius 2 is 2.00 bits per heavy atom. The molecular formula is C11H15IN2S. The number of thiocarbonyl (C=S) groups is 1. The summed E-state index contributed by atoms with van der Waals surface area (Å²) in [5, 5.41) is 7.02. The number of hydrogen-bond acceptors (Lipinski definition) is 1. The minimum atomic E-state index is -0.00792. The van der Waals surface area contributed by atoms with E-state index in [0.717, 1.165) is 5.69 Å². The Balaban J connectivity index is 2.59. The minimum Gasteiger partial charge on any atom is -0.358 e. The summed E-state index contributed by atoms with van der Waals surface area (Å²) in [6.07, 6.45) is 0. The van der Waals surface area contributed by atoms with Crippen molar-refractivity contribution in [3.63, 3.8) is 0 Å². The Kier molecular flexibility index (Phi) is 4.33. The third kappa shape index (κ3) is 5.32. The number of nitrogens with one attached hydrogen (secondary N) is 2. The first-order valence-electron chi connectivity index (χ1n) is 4.71. The van der Waals surface area contributed by atoms with E-state index < -0.39 is 0 Å². The maximum atomic E-state index is 5.20. The van der Waals surface area contributed by atoms with Gasteiger partial charge in [0.05, 0.1) is 0 Å². The third-order valence-electron chi connectivity index (χ3n) is 1.57. The van der Waals surface area contributed by atoms with Crippen LogP contribution in [0.3, 0.4) is 0 Å². The van der Waals surface area contributed by atoms with Gasteiger partial charge in [-0.1, -0.05) is 6.07 Å². The molecule has 2 N–H and O–H groups in total. The SMILES string of the molecule is CC(C)(C)NC(=S)Nc1cccc(I)c1. The highest BCUT2D eigenvalue weighted by Crippen LogP contribution is 2.12. The molecule has 0 spiro atoms. The second-order valence-electron chi connectivity index (χ2n) is 4.34. The van der Waals surface area contributed by atoms with Gasteiger partial charge in [-0.3, -0.25) is 0 Å². The van der Waals surface area contributed by atoms with Crippen molar-refractivity contribution in [2.24, 2.45) is 0 Å². The van der Waals surface area contributed by atoms with Crippen LogP contribution in [0.25, 0.3) is 0 Å². The van der Waals surface area contributed by atoms with E-state index in [1.54, 1.807) is 0 Å². The number of halogens is 1. The van der Waals surface area contributed by atoms with E-state index in [1.165, 1.54) is 3.57 Å². The molecule has 15 heavy (non-hydrogen) atoms. The van der Waals surface area contributed by atoms with Crippen molar-refractivity contribution < 1.29 is 0 Å². The first-order chi connectivity index (χ1) is 6.87. The summed E-state index contributed by atoms with van der Waals surface area (Å²) in [6.45, 7) is 6.24. The Hall–Kier alpha value is -0.360. The molecular weight excluding hydrogens is 319 g/mol. The van der Waals surface area contributed by atoms with Gasteiger partial charge in [-0.15, -0.1) is 0 Å². The van der Waals surface area contributed by atoms with Crippen molar-refractivity contribution in [3.05, 3.63) is 27.8 Å². The molecule has 4 heteroatoms. The molecule has 0 aromatic heterocycles. The minimum absolute atomic E-state index is 0.00792. The summed E-state index contributed by atoms with van der Waals surface area (Å²) < 4.78 is 1.19. The molecule has 0 aliphatic heterocycles. The van der Waals surface area contributed by atoms with E-state index in [-0.39, 0.29) is 5.54 Å². The molecule has 1 aromatic carbocycles. The van der Waals surface area contributed by atoms with Crippen LogP contribution in [0.5, 0.6) is 0 Å². The molecule has 0 aliphatic rings. The van der Waals surface area contributed by atoms with Crippen LogP contribution >= 0.6 is 34.8 Å². The van der Waals surface area contributed by atoms with Gasteiger partial charge in [0.2, 0.25) is 0 Å². The van der Waals surface area contributed by atoms with Crippen molar-refractivity contribution in [3.8, 4) is 0 Å². The highest BCUT2D eigenvalue weighted by Gasteiger charge is 2.10. The van der Waals surface area contributed by atoms with Crippen LogP contribution in [0, 0.1) is 3.57 Å². The van der Waals surface area contributed by atoms with Gasteiger partial charge < -0.3 is 10.6 Å². The Bertz CT molecular complexity index is 358. The van der Waals surface area contributed by atoms with E-state index in [2.05, 4.69) is 60.1 Å². The molecule has 1 aromatic rings. The molecule has 1 rings (SSSR count). The van der Waals surface area contributed by atoms with Crippen molar-refractivity contribution in [2.45, 2.75) is 26.3 Å². The van der Waals surface area contributed by atoms with Crippen molar-refractivity contribution in [1.29, 1.82) is 0 Å². The quantitative estimate of drug-likeness (QED) is 0.608. The predicted molar refractivity (Wildman–Crippen MR) is 78.3 cm³/mol. The zero-order valence-electron chi connectivity index (χ0n) is 9.10. The van der Waals surface area contributed by atoms with Crippen molar-refractivity contribution in [1.82, 2.24) is 5.32 Å². The van der Waals surface area contributed by atoms with Crippen LogP contribution in [0.1, 0.15) is 20.8 Å². The van der Waals surface area contributed by atoms with Gasteiger partial charge >= 0.3 is 0 Å². The summed E-state index contributed by atoms with van der Waals surface area (Å²) >= 11 is 7.48. The maximum Gasteiger partial charge on any atom is 0.171 e. The molecule has 0 saturated heterocycles. The fourth-order valence-electron chi connectivity index (χ4n) is 1.07. The Morgan fingerprint density at radius 3 is 2.53 bits per heavy atom. The lowest BCUT2D eigenvalue weighted by molar-refractivity contribution is 0.515. The van der Waals surface area contributed by atoms with Gasteiger partial charge in [-0.05, 0) is 73.8 Å². The van der Waals surface area contributed by atoms with Crippen LogP contribution in [-0.4, -0.2) is 10.7 Å². The first-order valence-corrected chi connectivity index (χ1v) is 6.20. The Morgan fingerprint density at radius 1 is 1.33 bits per heavy atom. The molecule has 0 unspecified atom stereocenters. The molecule has 2 nitrogen and oxygen atoms in total. The van der Waals surface area contributed by atoms with Crippen LogP contribution in [0.2, 0.25) is 0 Å². The average Bonchev–Trinajstić information content (AvgIpc) is 1.99. The number of benzene rings is 1. The molecule has 0 atom stereocenters. The number of hydrogen-bond donors (Lipinski definition) is 2. The summed E-state index contributed by atoms with van der Waals surface area (Å²) in [7, 11) is 0. The molecule has 0 radical (unpaired) electrons. The molecule has 82 valence electrons. The zero-order valence-corrected chi connectivity index (χ0v) is 12.1. The Labute approximate surface area is 110 Å². The van der Waals surface area contributed by atoms with Crippen LogP contribution in [0.15, 0.2) is 24.3 Å². The van der Waals surface area contributed by atoms with Crippen LogP contribution < -0.4 is 10.6 Å². The summed E-state index contributed by atoms with van der Waals surface area (Å²) in [6, 6.07) is 8.10. The van der Waals surface area contributed by atoms with E-state index >= 15 is 0 Å². The number of rotatable bonds is 1. The molecule has 0 saturated carbocycles. The van der Waals surface area contributed by atoms with Gasteiger partial charge in [0.1, 0.15) is 0 Å². The van der Waals surface area contributed by atoms with E-state index in [9.17, 15) is 0 Å². The predicted octanol–water partition coefficient (Wildman–Crippen LogP) is 3.38. The van der Waals surface area contributed by atoms with Gasteiger partial charge in [-0.25, -0.2) is 0 Å². The second kappa shape index (κ2) is 5.12. The fraction of sp³-hybridized carbons (Fsp3) is 0.364. The molecule has 0 heterocycles. The monoisotopic (exact) mass is 334 g/mol. The first kappa shape index (κ1) is 12.7. The second-order valence-corrected chi connectivity index (χ2v) is 5.99. The lowest BCUT2D eigenvalue weighted by Gasteiger charge is -2.23. The lowest BCUT2D eigenvalue weighted by Crippen LogP contribution is -2.42. The van der Waals surface area contributed by atoms with Crippen LogP contribution in [-0.2, 0) is 0 Å². The summed E-state index contributed by atoms with van der Waals surface area (Å²) in [5.41, 5.74) is 1.01. The highest BCUT2D eigenvalue weighted by atomic mass is 127. The summed E-state index contributed by atoms with van der Waals surface area (Å²) in [4.78, 5) is 0. The van der Waals surface area contributed by atoms with Gasteiger partial charge in [0.25, 0.3) is 0 Å². The molecule has 0 aliphatic carbocycles. The van der Waals surface area contributed by atoms with Crippen molar-refractivity contribution >= 4 is 45.6 Å². The normalized spacial score (nSPS) is 10.9. The number of anilines is 1. The third-order valence-corrected chi connectivity index (χ3v) is 2.45. The van der Waals surface area contributed by atoms with Gasteiger partial charge in [0, 0.05) is 14.8 Å². The fourth-order valence-corrected chi connectivity index (χ4v) is 2.04. The maximum absolute atomic E-state index is 5.20. The van der Waals surface area contributed by atoms with Gasteiger partial charge in [0.15, 0.2) is 5.11 Å². The molecule has 0 amide bonds. The van der Waals surface area contributed by atoms with E-state index in [4.69, 9.17) is 12.2 Å².